The Morgan fingerprint density at radius 3 is 2.70 bits per heavy atom. The lowest BCUT2D eigenvalue weighted by Gasteiger charge is -2.09. The van der Waals surface area contributed by atoms with Crippen LogP contribution in [0.25, 0.3) is 0 Å². The van der Waals surface area contributed by atoms with Gasteiger partial charge in [-0.05, 0) is 43.7 Å². The molecule has 2 aromatic heterocycles. The number of pyridine rings is 1. The number of aromatic nitrogens is 2. The number of benzene rings is 1. The van der Waals surface area contributed by atoms with Gasteiger partial charge in [0.25, 0.3) is 5.91 Å². The van der Waals surface area contributed by atoms with Gasteiger partial charge in [0.2, 0.25) is 0 Å². The van der Waals surface area contributed by atoms with E-state index in [4.69, 9.17) is 9.78 Å². The Hall–Kier alpha value is -3.11. The summed E-state index contributed by atoms with van der Waals surface area (Å²) < 4.78 is 5.18. The molecule has 27 heavy (non-hydrogen) atoms. The SMILES string of the molecule is Cc1noc(C)c1CSc1ncccc1C(=O)Nc1ccc(CC#N)cc1. The number of carbonyl (C=O) groups excluding carboxylic acids is 1. The molecule has 0 aliphatic rings. The molecule has 1 N–H and O–H groups in total. The second kappa shape index (κ2) is 8.52. The number of nitrogens with one attached hydrogen (secondary N) is 1. The van der Waals surface area contributed by atoms with Crippen LogP contribution in [-0.4, -0.2) is 16.0 Å². The van der Waals surface area contributed by atoms with Crippen LogP contribution in [-0.2, 0) is 12.2 Å². The van der Waals surface area contributed by atoms with Crippen molar-refractivity contribution in [3.63, 3.8) is 0 Å². The first-order valence-electron chi connectivity index (χ1n) is 8.35. The van der Waals surface area contributed by atoms with Gasteiger partial charge < -0.3 is 9.84 Å². The Kier molecular flexibility index (Phi) is 5.89. The van der Waals surface area contributed by atoms with E-state index in [1.807, 2.05) is 26.0 Å². The van der Waals surface area contributed by atoms with Crippen LogP contribution in [0.2, 0.25) is 0 Å². The molecule has 0 atom stereocenters. The van der Waals surface area contributed by atoms with E-state index in [-0.39, 0.29) is 5.91 Å². The Morgan fingerprint density at radius 2 is 2.04 bits per heavy atom. The van der Waals surface area contributed by atoms with E-state index in [1.165, 1.54) is 11.8 Å². The van der Waals surface area contributed by atoms with E-state index in [2.05, 4.69) is 21.5 Å². The summed E-state index contributed by atoms with van der Waals surface area (Å²) in [6.45, 7) is 3.77. The van der Waals surface area contributed by atoms with Crippen LogP contribution in [0.3, 0.4) is 0 Å². The molecule has 0 bridgehead atoms. The summed E-state index contributed by atoms with van der Waals surface area (Å²) in [5.74, 6) is 1.18. The maximum atomic E-state index is 12.7. The number of hydrogen-bond donors (Lipinski definition) is 1. The summed E-state index contributed by atoms with van der Waals surface area (Å²) in [6.07, 6.45) is 2.02. The molecule has 0 aliphatic carbocycles. The molecule has 7 heteroatoms. The minimum atomic E-state index is -0.225. The number of rotatable bonds is 6. The molecule has 0 radical (unpaired) electrons. The molecule has 1 aromatic carbocycles. The van der Waals surface area contributed by atoms with Crippen LogP contribution in [0.4, 0.5) is 5.69 Å². The zero-order chi connectivity index (χ0) is 19.2. The predicted octanol–water partition coefficient (Wildman–Crippen LogP) is 4.30. The lowest BCUT2D eigenvalue weighted by molar-refractivity contribution is 0.102. The highest BCUT2D eigenvalue weighted by atomic mass is 32.2. The van der Waals surface area contributed by atoms with Gasteiger partial charge in [-0.1, -0.05) is 17.3 Å². The normalized spacial score (nSPS) is 10.4. The minimum Gasteiger partial charge on any atom is -0.361 e. The Labute approximate surface area is 161 Å². The summed E-state index contributed by atoms with van der Waals surface area (Å²) in [6, 6.07) is 12.8. The average molecular weight is 378 g/mol. The summed E-state index contributed by atoms with van der Waals surface area (Å²) in [4.78, 5) is 17.0. The molecule has 3 aromatic rings. The van der Waals surface area contributed by atoms with Crippen LogP contribution in [0.1, 0.15) is 32.9 Å². The van der Waals surface area contributed by atoms with Gasteiger partial charge in [-0.2, -0.15) is 5.26 Å². The Bertz CT molecular complexity index is 970. The zero-order valence-corrected chi connectivity index (χ0v) is 15.8. The number of hydrogen-bond acceptors (Lipinski definition) is 6. The van der Waals surface area contributed by atoms with Crippen molar-refractivity contribution in [3.05, 3.63) is 70.7 Å². The summed E-state index contributed by atoms with van der Waals surface area (Å²) in [5, 5.41) is 16.2. The first-order valence-corrected chi connectivity index (χ1v) is 9.34. The van der Waals surface area contributed by atoms with Crippen LogP contribution in [0, 0.1) is 25.2 Å². The third kappa shape index (κ3) is 4.54. The molecule has 0 saturated heterocycles. The van der Waals surface area contributed by atoms with E-state index in [9.17, 15) is 4.79 Å². The third-order valence-corrected chi connectivity index (χ3v) is 5.08. The molecule has 3 rings (SSSR count). The second-order valence-electron chi connectivity index (χ2n) is 5.93. The fraction of sp³-hybridized carbons (Fsp3) is 0.200. The largest absolute Gasteiger partial charge is 0.361 e. The molecule has 1 amide bonds. The summed E-state index contributed by atoms with van der Waals surface area (Å²) >= 11 is 1.47. The van der Waals surface area contributed by atoms with Gasteiger partial charge >= 0.3 is 0 Å². The number of amides is 1. The van der Waals surface area contributed by atoms with Crippen LogP contribution >= 0.6 is 11.8 Å². The molecule has 0 fully saturated rings. The highest BCUT2D eigenvalue weighted by molar-refractivity contribution is 7.98. The van der Waals surface area contributed by atoms with Crippen molar-refractivity contribution in [2.75, 3.05) is 5.32 Å². The number of anilines is 1. The molecule has 0 aliphatic heterocycles. The summed E-state index contributed by atoms with van der Waals surface area (Å²) in [5.41, 5.74) is 3.96. The Balaban J connectivity index is 1.72. The van der Waals surface area contributed by atoms with E-state index in [0.29, 0.717) is 28.5 Å². The lowest BCUT2D eigenvalue weighted by Crippen LogP contribution is -2.13. The van der Waals surface area contributed by atoms with Crippen molar-refractivity contribution < 1.29 is 9.32 Å². The quantitative estimate of drug-likeness (QED) is 0.643. The van der Waals surface area contributed by atoms with E-state index >= 15 is 0 Å². The fourth-order valence-electron chi connectivity index (χ4n) is 2.52. The maximum Gasteiger partial charge on any atom is 0.258 e. The van der Waals surface area contributed by atoms with Gasteiger partial charge in [0, 0.05) is 23.2 Å². The van der Waals surface area contributed by atoms with Crippen molar-refractivity contribution in [1.82, 2.24) is 10.1 Å². The zero-order valence-electron chi connectivity index (χ0n) is 15.0. The van der Waals surface area contributed by atoms with E-state index in [0.717, 1.165) is 22.6 Å². The monoisotopic (exact) mass is 378 g/mol. The lowest BCUT2D eigenvalue weighted by atomic mass is 10.1. The molecule has 0 saturated carbocycles. The molecule has 6 nitrogen and oxygen atoms in total. The van der Waals surface area contributed by atoms with Crippen LogP contribution in [0.5, 0.6) is 0 Å². The van der Waals surface area contributed by atoms with E-state index in [1.54, 1.807) is 30.5 Å². The summed E-state index contributed by atoms with van der Waals surface area (Å²) in [7, 11) is 0. The van der Waals surface area contributed by atoms with Gasteiger partial charge in [0.05, 0.1) is 23.7 Å². The predicted molar refractivity (Wildman–Crippen MR) is 103 cm³/mol. The number of nitriles is 1. The van der Waals surface area contributed by atoms with Crippen molar-refractivity contribution in [3.8, 4) is 6.07 Å². The first kappa shape index (κ1) is 18.7. The van der Waals surface area contributed by atoms with Gasteiger partial charge in [0.15, 0.2) is 0 Å². The first-order chi connectivity index (χ1) is 13.1. The fourth-order valence-corrected chi connectivity index (χ4v) is 3.67. The van der Waals surface area contributed by atoms with Crippen LogP contribution in [0.15, 0.2) is 52.1 Å². The smallest absolute Gasteiger partial charge is 0.258 e. The standard InChI is InChI=1S/C20H18N4O2S/c1-13-18(14(2)26-24-13)12-27-20-17(4-3-11-22-20)19(25)23-16-7-5-15(6-8-16)9-10-21/h3-8,11H,9,12H2,1-2H3,(H,23,25). The minimum absolute atomic E-state index is 0.225. The number of carbonyl (C=O) groups is 1. The third-order valence-electron chi connectivity index (χ3n) is 4.05. The topological polar surface area (TPSA) is 91.8 Å². The Morgan fingerprint density at radius 1 is 1.26 bits per heavy atom. The molecule has 2 heterocycles. The second-order valence-corrected chi connectivity index (χ2v) is 6.90. The molecule has 136 valence electrons. The van der Waals surface area contributed by atoms with Crippen molar-refractivity contribution in [2.24, 2.45) is 0 Å². The van der Waals surface area contributed by atoms with Gasteiger partial charge in [0.1, 0.15) is 10.8 Å². The molecular weight excluding hydrogens is 360 g/mol. The average Bonchev–Trinajstić information content (AvgIpc) is 3.00. The van der Waals surface area contributed by atoms with Crippen molar-refractivity contribution in [1.29, 1.82) is 5.26 Å². The highest BCUT2D eigenvalue weighted by Gasteiger charge is 2.15. The molecular formula is C20H18N4O2S. The van der Waals surface area contributed by atoms with Gasteiger partial charge in [-0.15, -0.1) is 11.8 Å². The van der Waals surface area contributed by atoms with Gasteiger partial charge in [-0.3, -0.25) is 4.79 Å². The number of nitrogens with zero attached hydrogens (tertiary/aromatic N) is 3. The van der Waals surface area contributed by atoms with Crippen molar-refractivity contribution >= 4 is 23.4 Å². The molecule has 0 spiro atoms. The number of thioether (sulfide) groups is 1. The van der Waals surface area contributed by atoms with Gasteiger partial charge in [-0.25, -0.2) is 4.98 Å². The molecule has 0 unspecified atom stereocenters. The number of aryl methyl sites for hydroxylation is 2. The maximum absolute atomic E-state index is 12.7. The van der Waals surface area contributed by atoms with Crippen molar-refractivity contribution in [2.45, 2.75) is 31.0 Å². The highest BCUT2D eigenvalue weighted by Crippen LogP contribution is 2.27. The van der Waals surface area contributed by atoms with E-state index < -0.39 is 0 Å². The van der Waals surface area contributed by atoms with Crippen LogP contribution < -0.4 is 5.32 Å².